The van der Waals surface area contributed by atoms with Gasteiger partial charge in [0.2, 0.25) is 5.82 Å². The Hall–Kier alpha value is -2.37. The highest BCUT2D eigenvalue weighted by atomic mass is 15.2. The molecule has 104 valence electrons. The standard InChI is InChI=1S/C14H18N6/c1-9(2)7-13-15-14(19-18-13)11-8-10(16-17-11)12-5-4-6-20(12)3/h4-6,8-9H,7H2,1-3H3,(H,16,17)(H,15,18,19). The molecule has 0 spiro atoms. The predicted octanol–water partition coefficient (Wildman–Crippen LogP) is 2.40. The minimum absolute atomic E-state index is 0.550. The predicted molar refractivity (Wildman–Crippen MR) is 76.9 cm³/mol. The van der Waals surface area contributed by atoms with Crippen molar-refractivity contribution >= 4 is 0 Å². The van der Waals surface area contributed by atoms with Crippen LogP contribution < -0.4 is 0 Å². The first-order chi connectivity index (χ1) is 9.63. The van der Waals surface area contributed by atoms with Gasteiger partial charge in [-0.25, -0.2) is 4.98 Å². The molecule has 3 heterocycles. The van der Waals surface area contributed by atoms with E-state index in [0.717, 1.165) is 29.3 Å². The largest absolute Gasteiger partial charge is 0.349 e. The van der Waals surface area contributed by atoms with Crippen LogP contribution in [-0.4, -0.2) is 29.9 Å². The molecule has 0 aliphatic rings. The Bertz CT molecular complexity index is 703. The molecule has 3 aromatic heterocycles. The minimum atomic E-state index is 0.550. The van der Waals surface area contributed by atoms with Crippen LogP contribution in [-0.2, 0) is 13.5 Å². The van der Waals surface area contributed by atoms with Crippen LogP contribution in [0.2, 0.25) is 0 Å². The summed E-state index contributed by atoms with van der Waals surface area (Å²) in [5.41, 5.74) is 2.80. The summed E-state index contributed by atoms with van der Waals surface area (Å²) in [6, 6.07) is 6.01. The zero-order valence-corrected chi connectivity index (χ0v) is 11.9. The van der Waals surface area contributed by atoms with E-state index in [0.29, 0.717) is 11.7 Å². The molecule has 0 fully saturated rings. The maximum atomic E-state index is 4.48. The number of aromatic nitrogens is 6. The molecule has 6 nitrogen and oxygen atoms in total. The lowest BCUT2D eigenvalue weighted by molar-refractivity contribution is 0.622. The van der Waals surface area contributed by atoms with Gasteiger partial charge in [-0.3, -0.25) is 10.2 Å². The third-order valence-electron chi connectivity index (χ3n) is 3.16. The first-order valence-electron chi connectivity index (χ1n) is 6.72. The number of aryl methyl sites for hydroxylation is 1. The molecule has 0 unspecified atom stereocenters. The van der Waals surface area contributed by atoms with Crippen molar-refractivity contribution < 1.29 is 0 Å². The highest BCUT2D eigenvalue weighted by Crippen LogP contribution is 2.21. The normalized spacial score (nSPS) is 11.4. The summed E-state index contributed by atoms with van der Waals surface area (Å²) < 4.78 is 2.04. The molecular formula is C14H18N6. The molecule has 0 atom stereocenters. The summed E-state index contributed by atoms with van der Waals surface area (Å²) in [6.07, 6.45) is 2.89. The van der Waals surface area contributed by atoms with E-state index in [-0.39, 0.29) is 0 Å². The number of H-pyrrole nitrogens is 2. The van der Waals surface area contributed by atoms with Crippen molar-refractivity contribution in [2.45, 2.75) is 20.3 Å². The summed E-state index contributed by atoms with van der Waals surface area (Å²) in [6.45, 7) is 4.31. The first kappa shape index (κ1) is 12.7. The number of hydrogen-bond acceptors (Lipinski definition) is 3. The van der Waals surface area contributed by atoms with E-state index in [4.69, 9.17) is 0 Å². The second-order valence-corrected chi connectivity index (χ2v) is 5.37. The number of nitrogens with one attached hydrogen (secondary N) is 2. The Labute approximate surface area is 117 Å². The minimum Gasteiger partial charge on any atom is -0.349 e. The van der Waals surface area contributed by atoms with Crippen LogP contribution in [0, 0.1) is 5.92 Å². The van der Waals surface area contributed by atoms with Gasteiger partial charge in [0.05, 0.1) is 11.4 Å². The third-order valence-corrected chi connectivity index (χ3v) is 3.16. The number of rotatable bonds is 4. The number of hydrogen-bond donors (Lipinski definition) is 2. The second-order valence-electron chi connectivity index (χ2n) is 5.37. The SMILES string of the molecule is CC(C)Cc1nc(-c2cc(-c3cccn3C)[nH]n2)n[nH]1. The van der Waals surface area contributed by atoms with Gasteiger partial charge in [-0.15, -0.1) is 0 Å². The fourth-order valence-corrected chi connectivity index (χ4v) is 2.20. The van der Waals surface area contributed by atoms with Gasteiger partial charge in [-0.05, 0) is 24.1 Å². The topological polar surface area (TPSA) is 75.2 Å². The quantitative estimate of drug-likeness (QED) is 0.764. The fourth-order valence-electron chi connectivity index (χ4n) is 2.20. The molecule has 20 heavy (non-hydrogen) atoms. The Morgan fingerprint density at radius 1 is 1.25 bits per heavy atom. The summed E-state index contributed by atoms with van der Waals surface area (Å²) >= 11 is 0. The summed E-state index contributed by atoms with van der Waals surface area (Å²) in [4.78, 5) is 4.48. The number of nitrogens with zero attached hydrogens (tertiary/aromatic N) is 4. The molecular weight excluding hydrogens is 252 g/mol. The zero-order chi connectivity index (χ0) is 14.1. The molecule has 0 aromatic carbocycles. The van der Waals surface area contributed by atoms with Crippen molar-refractivity contribution in [2.75, 3.05) is 0 Å². The van der Waals surface area contributed by atoms with E-state index in [9.17, 15) is 0 Å². The van der Waals surface area contributed by atoms with Gasteiger partial charge in [0.1, 0.15) is 11.5 Å². The second kappa shape index (κ2) is 4.96. The lowest BCUT2D eigenvalue weighted by Gasteiger charge is -1.97. The van der Waals surface area contributed by atoms with E-state index in [2.05, 4.69) is 39.2 Å². The van der Waals surface area contributed by atoms with E-state index in [1.54, 1.807) is 0 Å². The van der Waals surface area contributed by atoms with Crippen molar-refractivity contribution in [1.29, 1.82) is 0 Å². The van der Waals surface area contributed by atoms with E-state index < -0.39 is 0 Å². The van der Waals surface area contributed by atoms with Gasteiger partial charge >= 0.3 is 0 Å². The molecule has 3 aromatic rings. The van der Waals surface area contributed by atoms with E-state index >= 15 is 0 Å². The molecule has 3 rings (SSSR count). The van der Waals surface area contributed by atoms with Gasteiger partial charge in [0.25, 0.3) is 0 Å². The molecule has 0 amide bonds. The van der Waals surface area contributed by atoms with Gasteiger partial charge in [0.15, 0.2) is 0 Å². The van der Waals surface area contributed by atoms with Gasteiger partial charge < -0.3 is 4.57 Å². The average Bonchev–Trinajstić information content (AvgIpc) is 3.07. The molecule has 6 heteroatoms. The fraction of sp³-hybridized carbons (Fsp3) is 0.357. The van der Waals surface area contributed by atoms with Crippen LogP contribution in [0.15, 0.2) is 24.4 Å². The summed E-state index contributed by atoms with van der Waals surface area (Å²) in [7, 11) is 2.00. The highest BCUT2D eigenvalue weighted by molar-refractivity contribution is 5.62. The van der Waals surface area contributed by atoms with Gasteiger partial charge in [-0.1, -0.05) is 13.8 Å². The van der Waals surface area contributed by atoms with Crippen LogP contribution in [0.25, 0.3) is 22.9 Å². The van der Waals surface area contributed by atoms with Gasteiger partial charge in [0, 0.05) is 19.7 Å². The van der Waals surface area contributed by atoms with Crippen LogP contribution in [0.5, 0.6) is 0 Å². The molecule has 0 saturated carbocycles. The molecule has 0 saturated heterocycles. The lowest BCUT2D eigenvalue weighted by Crippen LogP contribution is -1.95. The molecule has 2 N–H and O–H groups in total. The van der Waals surface area contributed by atoms with Crippen molar-refractivity contribution in [3.05, 3.63) is 30.2 Å². The van der Waals surface area contributed by atoms with Gasteiger partial charge in [-0.2, -0.15) is 10.2 Å². The average molecular weight is 270 g/mol. The maximum Gasteiger partial charge on any atom is 0.201 e. The Morgan fingerprint density at radius 3 is 2.80 bits per heavy atom. The van der Waals surface area contributed by atoms with Crippen LogP contribution in [0.4, 0.5) is 0 Å². The summed E-state index contributed by atoms with van der Waals surface area (Å²) in [5, 5.41) is 14.5. The molecule has 0 bridgehead atoms. The molecule has 0 aliphatic carbocycles. The Morgan fingerprint density at radius 2 is 2.10 bits per heavy atom. The first-order valence-corrected chi connectivity index (χ1v) is 6.72. The third kappa shape index (κ3) is 2.36. The Balaban J connectivity index is 1.87. The monoisotopic (exact) mass is 270 g/mol. The molecule has 0 aliphatic heterocycles. The molecule has 0 radical (unpaired) electrons. The van der Waals surface area contributed by atoms with Crippen molar-refractivity contribution in [1.82, 2.24) is 29.9 Å². The summed E-state index contributed by atoms with van der Waals surface area (Å²) in [5.74, 6) is 2.09. The smallest absolute Gasteiger partial charge is 0.201 e. The van der Waals surface area contributed by atoms with Crippen molar-refractivity contribution in [2.24, 2.45) is 13.0 Å². The van der Waals surface area contributed by atoms with Crippen LogP contribution in [0.3, 0.4) is 0 Å². The Kier molecular flexibility index (Phi) is 3.14. The number of aromatic amines is 2. The van der Waals surface area contributed by atoms with E-state index in [1.165, 1.54) is 0 Å². The highest BCUT2D eigenvalue weighted by Gasteiger charge is 2.12. The van der Waals surface area contributed by atoms with Crippen molar-refractivity contribution in [3.63, 3.8) is 0 Å². The van der Waals surface area contributed by atoms with E-state index in [1.807, 2.05) is 36.0 Å². The lowest BCUT2D eigenvalue weighted by atomic mass is 10.1. The van der Waals surface area contributed by atoms with Crippen LogP contribution >= 0.6 is 0 Å². The van der Waals surface area contributed by atoms with Crippen molar-refractivity contribution in [3.8, 4) is 22.9 Å². The van der Waals surface area contributed by atoms with Crippen LogP contribution in [0.1, 0.15) is 19.7 Å². The zero-order valence-electron chi connectivity index (χ0n) is 11.9. The maximum absolute atomic E-state index is 4.48.